The average molecular weight is 585 g/mol. The third-order valence-corrected chi connectivity index (χ3v) is 7.51. The Hall–Kier alpha value is -4.85. The molecule has 0 bridgehead atoms. The van der Waals surface area contributed by atoms with Crippen LogP contribution in [0.5, 0.6) is 11.6 Å². The minimum absolute atomic E-state index is 0.00817. The maximum absolute atomic E-state index is 14.6. The number of rotatable bonds is 10. The van der Waals surface area contributed by atoms with Crippen LogP contribution in [0.25, 0.3) is 16.6 Å². The first kappa shape index (κ1) is 27.7. The number of fused-ring (bicyclic) bond motifs is 1. The van der Waals surface area contributed by atoms with E-state index in [9.17, 15) is 26.4 Å². The number of benzene rings is 2. The number of para-hydroxylation sites is 1. The molecule has 0 radical (unpaired) electrons. The fraction of sp³-hybridized carbons (Fsp3) is 0.148. The van der Waals surface area contributed by atoms with E-state index in [2.05, 4.69) is 19.8 Å². The Balaban J connectivity index is 1.39. The van der Waals surface area contributed by atoms with Crippen molar-refractivity contribution >= 4 is 38.2 Å². The van der Waals surface area contributed by atoms with Gasteiger partial charge in [-0.2, -0.15) is 5.10 Å². The minimum Gasteiger partial charge on any atom is -0.436 e. The number of anilines is 2. The molecule has 212 valence electrons. The molecule has 0 unspecified atom stereocenters. The molecule has 0 saturated heterocycles. The van der Waals surface area contributed by atoms with E-state index in [1.807, 2.05) is 0 Å². The van der Waals surface area contributed by atoms with E-state index in [1.165, 1.54) is 47.4 Å². The molecule has 3 heterocycles. The highest BCUT2D eigenvalue weighted by Crippen LogP contribution is 2.29. The molecule has 0 saturated carbocycles. The lowest BCUT2D eigenvalue weighted by Crippen LogP contribution is -2.17. The number of hydrogen-bond donors (Lipinski definition) is 3. The average Bonchev–Trinajstić information content (AvgIpc) is 3.51. The van der Waals surface area contributed by atoms with Crippen LogP contribution < -0.4 is 15.2 Å². The molecular formula is C27H23F3N6O4S. The Morgan fingerprint density at radius 1 is 1.12 bits per heavy atom. The fourth-order valence-corrected chi connectivity index (χ4v) is 5.21. The van der Waals surface area contributed by atoms with Gasteiger partial charge in [0.05, 0.1) is 47.5 Å². The van der Waals surface area contributed by atoms with Gasteiger partial charge < -0.3 is 15.5 Å². The second-order valence-corrected chi connectivity index (χ2v) is 10.9. The lowest BCUT2D eigenvalue weighted by Gasteiger charge is -2.11. The van der Waals surface area contributed by atoms with Gasteiger partial charge in [-0.3, -0.25) is 13.9 Å². The molecule has 0 atom stereocenters. The minimum atomic E-state index is -3.96. The van der Waals surface area contributed by atoms with Crippen LogP contribution in [0, 0.1) is 18.6 Å². The summed E-state index contributed by atoms with van der Waals surface area (Å²) in [7, 11) is -3.96. The predicted octanol–water partition coefficient (Wildman–Crippen LogP) is 5.04. The number of carbonyl (C=O) groups is 1. The van der Waals surface area contributed by atoms with Crippen LogP contribution in [-0.4, -0.2) is 46.4 Å². The van der Waals surface area contributed by atoms with Crippen molar-refractivity contribution in [3.05, 3.63) is 89.4 Å². The van der Waals surface area contributed by atoms with Gasteiger partial charge in [-0.25, -0.2) is 26.9 Å². The van der Waals surface area contributed by atoms with Gasteiger partial charge in [0, 0.05) is 17.0 Å². The summed E-state index contributed by atoms with van der Waals surface area (Å²) in [6, 6.07) is 11.2. The van der Waals surface area contributed by atoms with Gasteiger partial charge in [-0.05, 0) is 49.2 Å². The molecule has 2 aromatic carbocycles. The van der Waals surface area contributed by atoms with Gasteiger partial charge in [0.2, 0.25) is 21.7 Å². The highest BCUT2D eigenvalue weighted by atomic mass is 32.2. The first-order valence-electron chi connectivity index (χ1n) is 12.2. The standard InChI is InChI=1S/C27H23F3N6O4S/c1-15-9-25(40-24-6-3-2-5-18(24)29)32-14-23(15)36-27(31)17(13-33-36)26(37)22-11-16-10-19(30)21(12-20(16)34-22)35-41(38,39)8-4-7-28/h2-3,5-6,9-14,34-35H,4,7-8,31H2,1H3. The number of nitrogens with one attached hydrogen (secondary N) is 2. The molecule has 14 heteroatoms. The van der Waals surface area contributed by atoms with Crippen molar-refractivity contribution < 1.29 is 31.1 Å². The molecule has 0 fully saturated rings. The van der Waals surface area contributed by atoms with Gasteiger partial charge in [0.1, 0.15) is 11.6 Å². The van der Waals surface area contributed by atoms with Gasteiger partial charge in [0.15, 0.2) is 11.6 Å². The Labute approximate surface area is 232 Å². The number of ether oxygens (including phenoxy) is 1. The molecular weight excluding hydrogens is 561 g/mol. The number of carbonyl (C=O) groups excluding carboxylic acids is 1. The summed E-state index contributed by atoms with van der Waals surface area (Å²) in [6.07, 6.45) is 2.47. The second kappa shape index (κ2) is 11.0. The SMILES string of the molecule is Cc1cc(Oc2ccccc2F)ncc1-n1ncc(C(=O)c2cc3cc(F)c(NS(=O)(=O)CCCF)cc3[nH]2)c1N. The number of nitrogens with zero attached hydrogens (tertiary/aromatic N) is 3. The number of ketones is 1. The number of aromatic nitrogens is 4. The summed E-state index contributed by atoms with van der Waals surface area (Å²) in [5, 5.41) is 4.53. The summed E-state index contributed by atoms with van der Waals surface area (Å²) in [6.45, 7) is 0.916. The molecule has 41 heavy (non-hydrogen) atoms. The fourth-order valence-electron chi connectivity index (χ4n) is 4.13. The maximum Gasteiger partial charge on any atom is 0.232 e. The summed E-state index contributed by atoms with van der Waals surface area (Å²) in [4.78, 5) is 20.3. The molecule has 0 amide bonds. The second-order valence-electron chi connectivity index (χ2n) is 9.09. The zero-order valence-corrected chi connectivity index (χ0v) is 22.3. The number of nitrogens with two attached hydrogens (primary N) is 1. The Morgan fingerprint density at radius 2 is 1.90 bits per heavy atom. The maximum atomic E-state index is 14.6. The molecule has 3 aromatic heterocycles. The number of alkyl halides is 1. The van der Waals surface area contributed by atoms with E-state index in [0.717, 1.165) is 6.07 Å². The third-order valence-electron chi connectivity index (χ3n) is 6.15. The number of sulfonamides is 1. The molecule has 4 N–H and O–H groups in total. The van der Waals surface area contributed by atoms with Crippen LogP contribution in [-0.2, 0) is 10.0 Å². The topological polar surface area (TPSA) is 145 Å². The quantitative estimate of drug-likeness (QED) is 0.195. The van der Waals surface area contributed by atoms with Crippen LogP contribution in [0.1, 0.15) is 28.0 Å². The summed E-state index contributed by atoms with van der Waals surface area (Å²) in [5.74, 6) is -2.28. The smallest absolute Gasteiger partial charge is 0.232 e. The van der Waals surface area contributed by atoms with E-state index in [-0.39, 0.29) is 46.3 Å². The van der Waals surface area contributed by atoms with Gasteiger partial charge >= 0.3 is 0 Å². The summed E-state index contributed by atoms with van der Waals surface area (Å²) >= 11 is 0. The summed E-state index contributed by atoms with van der Waals surface area (Å²) < 4.78 is 74.0. The van der Waals surface area contributed by atoms with Crippen LogP contribution in [0.15, 0.2) is 60.9 Å². The van der Waals surface area contributed by atoms with Crippen molar-refractivity contribution in [1.82, 2.24) is 19.7 Å². The van der Waals surface area contributed by atoms with E-state index in [4.69, 9.17) is 10.5 Å². The number of aromatic amines is 1. The van der Waals surface area contributed by atoms with Crippen LogP contribution in [0.2, 0.25) is 0 Å². The lowest BCUT2D eigenvalue weighted by atomic mass is 10.1. The van der Waals surface area contributed by atoms with Crippen LogP contribution >= 0.6 is 0 Å². The number of nitrogen functional groups attached to an aromatic ring is 1. The van der Waals surface area contributed by atoms with Crippen molar-refractivity contribution in [2.24, 2.45) is 0 Å². The van der Waals surface area contributed by atoms with E-state index < -0.39 is 39.9 Å². The lowest BCUT2D eigenvalue weighted by molar-refractivity contribution is 0.103. The largest absolute Gasteiger partial charge is 0.436 e. The van der Waals surface area contributed by atoms with E-state index >= 15 is 0 Å². The molecule has 0 spiro atoms. The Morgan fingerprint density at radius 3 is 2.63 bits per heavy atom. The Kier molecular flexibility index (Phi) is 7.41. The van der Waals surface area contributed by atoms with Gasteiger partial charge in [-0.15, -0.1) is 0 Å². The zero-order valence-electron chi connectivity index (χ0n) is 21.5. The predicted molar refractivity (Wildman–Crippen MR) is 147 cm³/mol. The highest BCUT2D eigenvalue weighted by Gasteiger charge is 2.22. The monoisotopic (exact) mass is 584 g/mol. The third kappa shape index (κ3) is 5.72. The Bertz CT molecular complexity index is 1890. The van der Waals surface area contributed by atoms with Gasteiger partial charge in [0.25, 0.3) is 0 Å². The zero-order chi connectivity index (χ0) is 29.3. The number of halogens is 3. The number of hydrogen-bond acceptors (Lipinski definition) is 7. The van der Waals surface area contributed by atoms with E-state index in [1.54, 1.807) is 19.1 Å². The van der Waals surface area contributed by atoms with Crippen LogP contribution in [0.4, 0.5) is 24.7 Å². The molecule has 0 aliphatic rings. The van der Waals surface area contributed by atoms with Crippen molar-refractivity contribution in [3.8, 4) is 17.3 Å². The molecule has 5 aromatic rings. The highest BCUT2D eigenvalue weighted by molar-refractivity contribution is 7.92. The number of H-pyrrole nitrogens is 1. The van der Waals surface area contributed by atoms with Crippen molar-refractivity contribution in [2.45, 2.75) is 13.3 Å². The molecule has 10 nitrogen and oxygen atoms in total. The van der Waals surface area contributed by atoms with Crippen molar-refractivity contribution in [3.63, 3.8) is 0 Å². The molecule has 0 aliphatic carbocycles. The number of aryl methyl sites for hydroxylation is 1. The van der Waals surface area contributed by atoms with E-state index in [0.29, 0.717) is 16.6 Å². The molecule has 5 rings (SSSR count). The normalized spacial score (nSPS) is 11.6. The first-order valence-corrected chi connectivity index (χ1v) is 13.9. The van der Waals surface area contributed by atoms with Gasteiger partial charge in [-0.1, -0.05) is 12.1 Å². The first-order chi connectivity index (χ1) is 19.6. The number of pyridine rings is 1. The van der Waals surface area contributed by atoms with Crippen molar-refractivity contribution in [2.75, 3.05) is 22.9 Å². The summed E-state index contributed by atoms with van der Waals surface area (Å²) in [5.41, 5.74) is 7.41. The van der Waals surface area contributed by atoms with Crippen molar-refractivity contribution in [1.29, 1.82) is 0 Å². The molecule has 0 aliphatic heterocycles. The van der Waals surface area contributed by atoms with Crippen LogP contribution in [0.3, 0.4) is 0 Å².